The molecule has 0 aromatic rings. The fourth-order valence-electron chi connectivity index (χ4n) is 1.33. The summed E-state index contributed by atoms with van der Waals surface area (Å²) in [5, 5.41) is 4.86. The largest absolute Gasteiger partial charge is 0.368 e. The molecular weight excluding hydrogens is 218 g/mol. The highest BCUT2D eigenvalue weighted by atomic mass is 35.5. The van der Waals surface area contributed by atoms with Gasteiger partial charge in [0.05, 0.1) is 0 Å². The van der Waals surface area contributed by atoms with Crippen LogP contribution in [0.2, 0.25) is 0 Å². The number of halogens is 1. The number of nitrogens with two attached hydrogens (primary N) is 2. The Hall–Kier alpha value is -0.370. The highest BCUT2D eigenvalue weighted by Crippen LogP contribution is 2.18. The second-order valence-electron chi connectivity index (χ2n) is 2.72. The van der Waals surface area contributed by atoms with Crippen molar-refractivity contribution in [3.8, 4) is 0 Å². The van der Waals surface area contributed by atoms with Crippen molar-refractivity contribution in [1.29, 1.82) is 0 Å². The van der Waals surface area contributed by atoms with Gasteiger partial charge in [-0.1, -0.05) is 0 Å². The number of hydrogen-bond donors (Lipinski definition) is 2. The molecule has 1 amide bonds. The molecular formula is C5H12ClN3O3S. The molecule has 0 saturated carbocycles. The lowest BCUT2D eigenvalue weighted by molar-refractivity contribution is -0.121. The molecule has 1 saturated heterocycles. The third-order valence-corrected chi connectivity index (χ3v) is 2.95. The van der Waals surface area contributed by atoms with Crippen molar-refractivity contribution in [2.75, 3.05) is 6.54 Å². The monoisotopic (exact) mass is 229 g/mol. The first-order chi connectivity index (χ1) is 5.43. The summed E-state index contributed by atoms with van der Waals surface area (Å²) in [4.78, 5) is 10.7. The molecule has 1 heterocycles. The molecule has 8 heteroatoms. The van der Waals surface area contributed by atoms with Crippen molar-refractivity contribution in [3.63, 3.8) is 0 Å². The fourth-order valence-corrected chi connectivity index (χ4v) is 2.28. The van der Waals surface area contributed by atoms with E-state index in [0.29, 0.717) is 12.8 Å². The number of rotatable bonds is 2. The van der Waals surface area contributed by atoms with Crippen LogP contribution in [0, 0.1) is 0 Å². The molecule has 1 unspecified atom stereocenters. The van der Waals surface area contributed by atoms with Crippen molar-refractivity contribution in [2.24, 2.45) is 10.9 Å². The zero-order valence-corrected chi connectivity index (χ0v) is 8.47. The van der Waals surface area contributed by atoms with E-state index in [-0.39, 0.29) is 19.0 Å². The van der Waals surface area contributed by atoms with Crippen molar-refractivity contribution in [3.05, 3.63) is 0 Å². The molecule has 6 nitrogen and oxygen atoms in total. The molecule has 0 aromatic heterocycles. The summed E-state index contributed by atoms with van der Waals surface area (Å²) >= 11 is 0. The summed E-state index contributed by atoms with van der Waals surface area (Å²) in [6.07, 6.45) is 1.09. The summed E-state index contributed by atoms with van der Waals surface area (Å²) in [7, 11) is -3.76. The van der Waals surface area contributed by atoms with Gasteiger partial charge in [0.2, 0.25) is 5.91 Å². The van der Waals surface area contributed by atoms with E-state index in [1.165, 1.54) is 0 Å². The van der Waals surface area contributed by atoms with Crippen LogP contribution in [0.15, 0.2) is 0 Å². The van der Waals surface area contributed by atoms with Gasteiger partial charge >= 0.3 is 0 Å². The van der Waals surface area contributed by atoms with Gasteiger partial charge in [-0.2, -0.15) is 12.7 Å². The lowest BCUT2D eigenvalue weighted by atomic mass is 10.2. The van der Waals surface area contributed by atoms with Crippen molar-refractivity contribution in [1.82, 2.24) is 4.31 Å². The minimum atomic E-state index is -3.76. The second-order valence-corrected chi connectivity index (χ2v) is 4.22. The molecule has 1 rings (SSSR count). The maximum absolute atomic E-state index is 10.8. The van der Waals surface area contributed by atoms with E-state index < -0.39 is 22.2 Å². The summed E-state index contributed by atoms with van der Waals surface area (Å²) in [5.74, 6) is -0.637. The summed E-state index contributed by atoms with van der Waals surface area (Å²) in [5.41, 5.74) is 4.98. The van der Waals surface area contributed by atoms with Gasteiger partial charge in [-0.3, -0.25) is 4.79 Å². The van der Waals surface area contributed by atoms with Crippen LogP contribution >= 0.6 is 12.4 Å². The molecule has 4 N–H and O–H groups in total. The maximum Gasteiger partial charge on any atom is 0.277 e. The first-order valence-electron chi connectivity index (χ1n) is 3.52. The van der Waals surface area contributed by atoms with Crippen LogP contribution in [-0.2, 0) is 15.0 Å². The van der Waals surface area contributed by atoms with Gasteiger partial charge in [0.15, 0.2) is 0 Å². The van der Waals surface area contributed by atoms with Crippen molar-refractivity contribution >= 4 is 28.5 Å². The Bertz CT molecular complexity index is 291. The number of carbonyl (C=O) groups is 1. The Morgan fingerprint density at radius 2 is 2.00 bits per heavy atom. The van der Waals surface area contributed by atoms with Gasteiger partial charge in [0, 0.05) is 6.54 Å². The smallest absolute Gasteiger partial charge is 0.277 e. The molecule has 13 heavy (non-hydrogen) atoms. The molecule has 1 aliphatic rings. The highest BCUT2D eigenvalue weighted by molar-refractivity contribution is 7.86. The van der Waals surface area contributed by atoms with Crippen LogP contribution in [0.5, 0.6) is 0 Å². The molecule has 78 valence electrons. The van der Waals surface area contributed by atoms with E-state index in [0.717, 1.165) is 4.31 Å². The minimum absolute atomic E-state index is 0. The normalized spacial score (nSPS) is 23.9. The van der Waals surface area contributed by atoms with Gasteiger partial charge in [-0.05, 0) is 12.8 Å². The quantitative estimate of drug-likeness (QED) is 0.606. The molecule has 0 spiro atoms. The summed E-state index contributed by atoms with van der Waals surface area (Å²) in [6.45, 7) is 0.284. The Morgan fingerprint density at radius 3 is 2.31 bits per heavy atom. The third-order valence-electron chi connectivity index (χ3n) is 1.86. The molecule has 0 aromatic carbocycles. The predicted octanol–water partition coefficient (Wildman–Crippen LogP) is -1.44. The van der Waals surface area contributed by atoms with Gasteiger partial charge in [0.25, 0.3) is 10.2 Å². The minimum Gasteiger partial charge on any atom is -0.368 e. The van der Waals surface area contributed by atoms with E-state index in [9.17, 15) is 13.2 Å². The average Bonchev–Trinajstić information content (AvgIpc) is 2.30. The van der Waals surface area contributed by atoms with E-state index >= 15 is 0 Å². The first kappa shape index (κ1) is 12.6. The van der Waals surface area contributed by atoms with Gasteiger partial charge < -0.3 is 5.73 Å². The Labute approximate surface area is 82.8 Å². The van der Waals surface area contributed by atoms with E-state index in [2.05, 4.69) is 0 Å². The fraction of sp³-hybridized carbons (Fsp3) is 0.800. The van der Waals surface area contributed by atoms with E-state index in [1.54, 1.807) is 0 Å². The average molecular weight is 230 g/mol. The topological polar surface area (TPSA) is 106 Å². The van der Waals surface area contributed by atoms with Gasteiger partial charge in [0.1, 0.15) is 6.04 Å². The third kappa shape index (κ3) is 2.80. The second kappa shape index (κ2) is 4.23. The summed E-state index contributed by atoms with van der Waals surface area (Å²) in [6, 6.07) is -0.750. The molecule has 0 aliphatic carbocycles. The Morgan fingerprint density at radius 1 is 1.46 bits per heavy atom. The number of nitrogens with zero attached hydrogens (tertiary/aromatic N) is 1. The van der Waals surface area contributed by atoms with Crippen LogP contribution in [0.1, 0.15) is 12.8 Å². The molecule has 1 atom stereocenters. The predicted molar refractivity (Wildman–Crippen MR) is 49.3 cm³/mol. The Balaban J connectivity index is 0.00000144. The molecule has 0 radical (unpaired) electrons. The standard InChI is InChI=1S/C5H11N3O3S.ClH/c6-5(9)4-2-1-3-8(4)12(7,10)11;/h4H,1-3H2,(H2,6,9)(H2,7,10,11);1H. The van der Waals surface area contributed by atoms with E-state index in [4.69, 9.17) is 10.9 Å². The van der Waals surface area contributed by atoms with Gasteiger partial charge in [-0.15, -0.1) is 12.4 Å². The first-order valence-corrected chi connectivity index (χ1v) is 5.02. The number of hydrogen-bond acceptors (Lipinski definition) is 3. The van der Waals surface area contributed by atoms with Crippen LogP contribution in [-0.4, -0.2) is 31.2 Å². The van der Waals surface area contributed by atoms with Crippen LogP contribution in [0.25, 0.3) is 0 Å². The molecule has 0 bridgehead atoms. The number of amides is 1. The summed E-state index contributed by atoms with van der Waals surface area (Å²) < 4.78 is 22.6. The zero-order valence-electron chi connectivity index (χ0n) is 6.84. The van der Waals surface area contributed by atoms with Crippen molar-refractivity contribution in [2.45, 2.75) is 18.9 Å². The van der Waals surface area contributed by atoms with Crippen LogP contribution in [0.3, 0.4) is 0 Å². The number of primary amides is 1. The van der Waals surface area contributed by atoms with Crippen molar-refractivity contribution < 1.29 is 13.2 Å². The lowest BCUT2D eigenvalue weighted by Crippen LogP contribution is -2.46. The Kier molecular flexibility index (Phi) is 4.11. The SMILES string of the molecule is Cl.NC(=O)C1CCCN1S(N)(=O)=O. The molecule has 1 aliphatic heterocycles. The lowest BCUT2D eigenvalue weighted by Gasteiger charge is -2.17. The highest BCUT2D eigenvalue weighted by Gasteiger charge is 2.35. The molecule has 1 fully saturated rings. The van der Waals surface area contributed by atoms with E-state index in [1.807, 2.05) is 0 Å². The van der Waals surface area contributed by atoms with Crippen LogP contribution < -0.4 is 10.9 Å². The van der Waals surface area contributed by atoms with Gasteiger partial charge in [-0.25, -0.2) is 5.14 Å². The van der Waals surface area contributed by atoms with Crippen LogP contribution in [0.4, 0.5) is 0 Å². The zero-order chi connectivity index (χ0) is 9.35. The maximum atomic E-state index is 10.8. The number of carbonyl (C=O) groups excluding carboxylic acids is 1.